The molecule has 0 aliphatic heterocycles. The number of thioether (sulfide) groups is 1. The van der Waals surface area contributed by atoms with Gasteiger partial charge in [0, 0.05) is 29.6 Å². The van der Waals surface area contributed by atoms with E-state index in [2.05, 4.69) is 17.1 Å². The molecule has 0 fully saturated rings. The third kappa shape index (κ3) is 3.31. The quantitative estimate of drug-likeness (QED) is 0.664. The average molecular weight is 263 g/mol. The lowest BCUT2D eigenvalue weighted by Gasteiger charge is -2.06. The summed E-state index contributed by atoms with van der Waals surface area (Å²) >= 11 is 6.74. The molecular formula is C12H13N3S2. The van der Waals surface area contributed by atoms with Crippen molar-refractivity contribution >= 4 is 29.0 Å². The number of hydrogen-bond donors (Lipinski definition) is 1. The Morgan fingerprint density at radius 2 is 2.12 bits per heavy atom. The summed E-state index contributed by atoms with van der Waals surface area (Å²) in [6, 6.07) is 10.3. The van der Waals surface area contributed by atoms with Crippen LogP contribution in [0.3, 0.4) is 0 Å². The number of hydrogen-bond acceptors (Lipinski definition) is 3. The summed E-state index contributed by atoms with van der Waals surface area (Å²) < 4.78 is 1.98. The van der Waals surface area contributed by atoms with E-state index in [0.717, 1.165) is 12.3 Å². The molecule has 0 spiro atoms. The second-order valence-corrected chi connectivity index (χ2v) is 5.08. The molecule has 5 heteroatoms. The van der Waals surface area contributed by atoms with E-state index in [-0.39, 0.29) is 0 Å². The van der Waals surface area contributed by atoms with Gasteiger partial charge in [-0.1, -0.05) is 30.4 Å². The second-order valence-electron chi connectivity index (χ2n) is 3.47. The fraction of sp³-hybridized carbons (Fsp3) is 0.167. The maximum atomic E-state index is 5.58. The van der Waals surface area contributed by atoms with Crippen molar-refractivity contribution in [1.29, 1.82) is 0 Å². The summed E-state index contributed by atoms with van der Waals surface area (Å²) in [4.78, 5) is 5.74. The molecular weight excluding hydrogens is 250 g/mol. The van der Waals surface area contributed by atoms with E-state index < -0.39 is 0 Å². The van der Waals surface area contributed by atoms with Gasteiger partial charge in [-0.3, -0.25) is 0 Å². The van der Waals surface area contributed by atoms with Gasteiger partial charge >= 0.3 is 0 Å². The van der Waals surface area contributed by atoms with E-state index in [1.54, 1.807) is 18.0 Å². The first-order chi connectivity index (χ1) is 8.27. The van der Waals surface area contributed by atoms with Crippen LogP contribution >= 0.6 is 24.0 Å². The highest BCUT2D eigenvalue weighted by molar-refractivity contribution is 7.99. The zero-order valence-corrected chi connectivity index (χ0v) is 10.9. The number of thiocarbonyl (C=S) groups is 1. The molecule has 88 valence electrons. The third-order valence-electron chi connectivity index (χ3n) is 2.28. The van der Waals surface area contributed by atoms with Crippen LogP contribution in [0.5, 0.6) is 0 Å². The van der Waals surface area contributed by atoms with Crippen molar-refractivity contribution in [2.24, 2.45) is 5.73 Å². The van der Waals surface area contributed by atoms with E-state index in [0.29, 0.717) is 10.8 Å². The number of rotatable bonds is 5. The van der Waals surface area contributed by atoms with Crippen LogP contribution in [0.4, 0.5) is 0 Å². The molecule has 2 rings (SSSR count). The largest absolute Gasteiger partial charge is 0.387 e. The van der Waals surface area contributed by atoms with E-state index in [1.165, 1.54) is 4.90 Å². The summed E-state index contributed by atoms with van der Waals surface area (Å²) in [7, 11) is 0. The molecule has 3 nitrogen and oxygen atoms in total. The van der Waals surface area contributed by atoms with Gasteiger partial charge in [0.05, 0.1) is 0 Å². The molecule has 1 aromatic carbocycles. The van der Waals surface area contributed by atoms with Crippen LogP contribution in [0.15, 0.2) is 47.6 Å². The maximum Gasteiger partial charge on any atom is 0.167 e. The predicted molar refractivity (Wildman–Crippen MR) is 75.3 cm³/mol. The monoisotopic (exact) mass is 263 g/mol. The summed E-state index contributed by atoms with van der Waals surface area (Å²) in [5.74, 6) is 1.66. The molecule has 0 atom stereocenters. The minimum absolute atomic E-state index is 0.347. The molecule has 0 amide bonds. The van der Waals surface area contributed by atoms with Crippen LogP contribution in [0.1, 0.15) is 5.82 Å². The van der Waals surface area contributed by atoms with Crippen molar-refractivity contribution in [3.05, 3.63) is 48.5 Å². The standard InChI is InChI=1S/C12H13N3S2/c13-11(16)12-14-6-7-15(12)8-9-17-10-4-2-1-3-5-10/h1-7H,8-9H2,(H2,13,16). The highest BCUT2D eigenvalue weighted by atomic mass is 32.2. The average Bonchev–Trinajstić information content (AvgIpc) is 2.79. The lowest BCUT2D eigenvalue weighted by Crippen LogP contribution is -2.17. The van der Waals surface area contributed by atoms with Crippen LogP contribution in [0, 0.1) is 0 Å². The van der Waals surface area contributed by atoms with Gasteiger partial charge in [-0.05, 0) is 12.1 Å². The fourth-order valence-corrected chi connectivity index (χ4v) is 2.54. The second kappa shape index (κ2) is 5.84. The number of aromatic nitrogens is 2. The van der Waals surface area contributed by atoms with Crippen molar-refractivity contribution in [2.75, 3.05) is 5.75 Å². The first-order valence-electron chi connectivity index (χ1n) is 5.26. The van der Waals surface area contributed by atoms with Crippen LogP contribution in [-0.4, -0.2) is 20.3 Å². The Kier molecular flexibility index (Phi) is 4.17. The minimum atomic E-state index is 0.347. The molecule has 0 aliphatic carbocycles. The highest BCUT2D eigenvalue weighted by Crippen LogP contribution is 2.17. The van der Waals surface area contributed by atoms with Gasteiger partial charge in [0.15, 0.2) is 5.82 Å². The Morgan fingerprint density at radius 3 is 2.82 bits per heavy atom. The van der Waals surface area contributed by atoms with E-state index in [1.807, 2.05) is 29.0 Å². The molecule has 2 aromatic rings. The first-order valence-corrected chi connectivity index (χ1v) is 6.65. The maximum absolute atomic E-state index is 5.58. The lowest BCUT2D eigenvalue weighted by atomic mass is 10.4. The van der Waals surface area contributed by atoms with Crippen LogP contribution in [0.2, 0.25) is 0 Å². The molecule has 0 unspecified atom stereocenters. The van der Waals surface area contributed by atoms with Gasteiger partial charge in [0.1, 0.15) is 4.99 Å². The van der Waals surface area contributed by atoms with Gasteiger partial charge in [0.25, 0.3) is 0 Å². The Morgan fingerprint density at radius 1 is 1.35 bits per heavy atom. The smallest absolute Gasteiger partial charge is 0.167 e. The minimum Gasteiger partial charge on any atom is -0.387 e. The number of imidazole rings is 1. The molecule has 2 N–H and O–H groups in total. The van der Waals surface area contributed by atoms with Gasteiger partial charge in [0.2, 0.25) is 0 Å². The summed E-state index contributed by atoms with van der Waals surface area (Å²) in [6.45, 7) is 0.853. The Hall–Kier alpha value is -1.33. The summed E-state index contributed by atoms with van der Waals surface area (Å²) in [5, 5.41) is 0. The first kappa shape index (κ1) is 12.1. The predicted octanol–water partition coefficient (Wildman–Crippen LogP) is 2.31. The zero-order valence-electron chi connectivity index (χ0n) is 9.24. The Bertz CT molecular complexity index is 493. The topological polar surface area (TPSA) is 43.8 Å². The molecule has 1 heterocycles. The lowest BCUT2D eigenvalue weighted by molar-refractivity contribution is 0.762. The third-order valence-corrected chi connectivity index (χ3v) is 3.45. The Labute approximate surface area is 110 Å². The number of nitrogens with two attached hydrogens (primary N) is 1. The summed E-state index contributed by atoms with van der Waals surface area (Å²) in [6.07, 6.45) is 3.63. The van der Waals surface area contributed by atoms with Crippen molar-refractivity contribution in [2.45, 2.75) is 11.4 Å². The van der Waals surface area contributed by atoms with Gasteiger partial charge < -0.3 is 10.3 Å². The van der Waals surface area contributed by atoms with Crippen molar-refractivity contribution < 1.29 is 0 Å². The van der Waals surface area contributed by atoms with Crippen LogP contribution in [0.25, 0.3) is 0 Å². The van der Waals surface area contributed by atoms with Gasteiger partial charge in [-0.25, -0.2) is 4.98 Å². The summed E-state index contributed by atoms with van der Waals surface area (Å²) in [5.41, 5.74) is 5.58. The van der Waals surface area contributed by atoms with Crippen molar-refractivity contribution in [1.82, 2.24) is 9.55 Å². The number of benzene rings is 1. The fourth-order valence-electron chi connectivity index (χ4n) is 1.49. The molecule has 0 radical (unpaired) electrons. The normalized spacial score (nSPS) is 10.4. The molecule has 0 saturated heterocycles. The molecule has 1 aromatic heterocycles. The van der Waals surface area contributed by atoms with E-state index >= 15 is 0 Å². The molecule has 0 saturated carbocycles. The van der Waals surface area contributed by atoms with Crippen molar-refractivity contribution in [3.63, 3.8) is 0 Å². The molecule has 0 bridgehead atoms. The molecule has 0 aliphatic rings. The SMILES string of the molecule is NC(=S)c1nccn1CCSc1ccccc1. The van der Waals surface area contributed by atoms with Gasteiger partial charge in [-0.15, -0.1) is 11.8 Å². The Balaban J connectivity index is 1.90. The highest BCUT2D eigenvalue weighted by Gasteiger charge is 2.04. The molecule has 17 heavy (non-hydrogen) atoms. The van der Waals surface area contributed by atoms with Crippen molar-refractivity contribution in [3.8, 4) is 0 Å². The van der Waals surface area contributed by atoms with Crippen LogP contribution in [-0.2, 0) is 6.54 Å². The van der Waals surface area contributed by atoms with E-state index in [4.69, 9.17) is 18.0 Å². The van der Waals surface area contributed by atoms with Crippen LogP contribution < -0.4 is 5.73 Å². The van der Waals surface area contributed by atoms with E-state index in [9.17, 15) is 0 Å². The number of aryl methyl sites for hydroxylation is 1. The number of nitrogens with zero attached hydrogens (tertiary/aromatic N) is 2. The zero-order chi connectivity index (χ0) is 12.1. The van der Waals surface area contributed by atoms with Gasteiger partial charge in [-0.2, -0.15) is 0 Å².